The first-order valence-corrected chi connectivity index (χ1v) is 14.9. The third-order valence-corrected chi connectivity index (χ3v) is 9.52. The molecule has 35 heavy (non-hydrogen) atoms. The van der Waals surface area contributed by atoms with Crippen molar-refractivity contribution < 1.29 is 13.2 Å². The highest BCUT2D eigenvalue weighted by atomic mass is 32.2. The molecule has 0 radical (unpaired) electrons. The van der Waals surface area contributed by atoms with Gasteiger partial charge in [-0.15, -0.1) is 11.3 Å². The number of methoxy groups -OCH3 is 1. The monoisotopic (exact) mass is 512 g/mol. The molecule has 4 rings (SSSR count). The molecule has 1 aliphatic carbocycles. The molecule has 3 aromatic rings. The highest BCUT2D eigenvalue weighted by Gasteiger charge is 2.33. The van der Waals surface area contributed by atoms with Crippen LogP contribution >= 0.6 is 11.3 Å². The molecule has 0 atom stereocenters. The number of hydrogen-bond acceptors (Lipinski definition) is 5. The molecule has 2 aromatic carbocycles. The molecule has 1 N–H and O–H groups in total. The lowest BCUT2D eigenvalue weighted by molar-refractivity contribution is 0.318. The second-order valence-corrected chi connectivity index (χ2v) is 12.1. The van der Waals surface area contributed by atoms with Crippen LogP contribution in [0.2, 0.25) is 0 Å². The molecule has 0 spiro atoms. The second-order valence-electron chi connectivity index (χ2n) is 9.19. The van der Waals surface area contributed by atoms with E-state index >= 15 is 0 Å². The Bertz CT molecular complexity index is 1170. The number of sulfonamides is 1. The van der Waals surface area contributed by atoms with Crippen LogP contribution < -0.4 is 10.1 Å². The number of hydrogen-bond donors (Lipinski definition) is 1. The van der Waals surface area contributed by atoms with Crippen molar-refractivity contribution in [3.8, 4) is 16.9 Å². The fourth-order valence-electron chi connectivity index (χ4n) is 4.60. The standard InChI is InChI=1S/C28H36N2O3S2/c1-3-4-17-29-19-22-9-11-23(12-10-22)24-18-27(34-21-24)20-30(25-7-5-6-8-25)35(31,32)28-15-13-26(33-2)14-16-28/h9-16,18,21,25,29H,3-8,17,19-20H2,1-2H3. The normalized spacial score (nSPS) is 14.6. The van der Waals surface area contributed by atoms with Crippen LogP contribution in [0.15, 0.2) is 64.9 Å². The van der Waals surface area contributed by atoms with Crippen LogP contribution in [0.5, 0.6) is 5.75 Å². The zero-order valence-electron chi connectivity index (χ0n) is 20.7. The molecule has 0 amide bonds. The number of thiophene rings is 1. The molecule has 0 unspecified atom stereocenters. The van der Waals surface area contributed by atoms with Gasteiger partial charge in [-0.2, -0.15) is 4.31 Å². The van der Waals surface area contributed by atoms with Gasteiger partial charge < -0.3 is 10.1 Å². The average molecular weight is 513 g/mol. The lowest BCUT2D eigenvalue weighted by Crippen LogP contribution is -2.38. The summed E-state index contributed by atoms with van der Waals surface area (Å²) in [5.41, 5.74) is 3.58. The van der Waals surface area contributed by atoms with Crippen molar-refractivity contribution in [3.05, 3.63) is 70.4 Å². The van der Waals surface area contributed by atoms with E-state index in [4.69, 9.17) is 4.74 Å². The molecule has 1 saturated carbocycles. The van der Waals surface area contributed by atoms with Gasteiger partial charge in [0.1, 0.15) is 5.75 Å². The minimum Gasteiger partial charge on any atom is -0.497 e. The Balaban J connectivity index is 1.49. The minimum absolute atomic E-state index is 0.0483. The number of ether oxygens (including phenoxy) is 1. The highest BCUT2D eigenvalue weighted by Crippen LogP contribution is 2.33. The molecule has 1 heterocycles. The fourth-order valence-corrected chi connectivity index (χ4v) is 7.24. The summed E-state index contributed by atoms with van der Waals surface area (Å²) in [5.74, 6) is 0.655. The summed E-state index contributed by atoms with van der Waals surface area (Å²) < 4.78 is 34.2. The smallest absolute Gasteiger partial charge is 0.243 e. The number of unbranched alkanes of at least 4 members (excludes halogenated alkanes) is 1. The van der Waals surface area contributed by atoms with E-state index in [2.05, 4.69) is 48.0 Å². The maximum absolute atomic E-state index is 13.6. The summed E-state index contributed by atoms with van der Waals surface area (Å²) >= 11 is 1.63. The summed E-state index contributed by atoms with van der Waals surface area (Å²) in [5, 5.41) is 5.62. The van der Waals surface area contributed by atoms with Gasteiger partial charge in [-0.1, -0.05) is 50.5 Å². The Morgan fingerprint density at radius 1 is 1.03 bits per heavy atom. The summed E-state index contributed by atoms with van der Waals surface area (Å²) in [6.07, 6.45) is 6.39. The number of nitrogens with zero attached hydrogens (tertiary/aromatic N) is 1. The minimum atomic E-state index is -3.60. The molecule has 1 aliphatic rings. The lowest BCUT2D eigenvalue weighted by Gasteiger charge is -2.27. The van der Waals surface area contributed by atoms with Gasteiger partial charge in [0, 0.05) is 24.0 Å². The van der Waals surface area contributed by atoms with Gasteiger partial charge in [0.2, 0.25) is 10.0 Å². The molecular formula is C28H36N2O3S2. The molecule has 0 saturated heterocycles. The lowest BCUT2D eigenvalue weighted by atomic mass is 10.1. The molecule has 5 nitrogen and oxygen atoms in total. The van der Waals surface area contributed by atoms with Crippen LogP contribution in [0.1, 0.15) is 55.9 Å². The first-order chi connectivity index (χ1) is 17.0. The van der Waals surface area contributed by atoms with E-state index in [9.17, 15) is 8.42 Å². The largest absolute Gasteiger partial charge is 0.497 e. The molecular weight excluding hydrogens is 476 g/mol. The molecule has 1 aromatic heterocycles. The van der Waals surface area contributed by atoms with Crippen molar-refractivity contribution in [3.63, 3.8) is 0 Å². The molecule has 188 valence electrons. The number of rotatable bonds is 12. The van der Waals surface area contributed by atoms with E-state index in [1.54, 1.807) is 47.0 Å². The SMILES string of the molecule is CCCCNCc1ccc(-c2csc(CN(C3CCCC3)S(=O)(=O)c3ccc(OC)cc3)c2)cc1. The summed E-state index contributed by atoms with van der Waals surface area (Å²) in [6, 6.07) is 17.6. The third-order valence-electron chi connectivity index (χ3n) is 6.69. The Morgan fingerprint density at radius 2 is 1.74 bits per heavy atom. The van der Waals surface area contributed by atoms with E-state index in [1.165, 1.54) is 18.4 Å². The topological polar surface area (TPSA) is 58.6 Å². The van der Waals surface area contributed by atoms with Crippen molar-refractivity contribution in [1.82, 2.24) is 9.62 Å². The van der Waals surface area contributed by atoms with Gasteiger partial charge in [-0.05, 0) is 78.2 Å². The average Bonchev–Trinajstić information content (AvgIpc) is 3.58. The first-order valence-electron chi connectivity index (χ1n) is 12.5. The van der Waals surface area contributed by atoms with E-state index in [1.807, 2.05) is 0 Å². The molecule has 0 aliphatic heterocycles. The van der Waals surface area contributed by atoms with Crippen LogP contribution in [-0.2, 0) is 23.1 Å². The van der Waals surface area contributed by atoms with Crippen LogP contribution in [0.25, 0.3) is 11.1 Å². The first kappa shape index (κ1) is 25.9. The zero-order valence-corrected chi connectivity index (χ0v) is 22.3. The van der Waals surface area contributed by atoms with Gasteiger partial charge in [0.15, 0.2) is 0 Å². The van der Waals surface area contributed by atoms with E-state index in [0.29, 0.717) is 17.2 Å². The van der Waals surface area contributed by atoms with Gasteiger partial charge in [-0.3, -0.25) is 0 Å². The van der Waals surface area contributed by atoms with Crippen molar-refractivity contribution in [1.29, 1.82) is 0 Å². The van der Waals surface area contributed by atoms with Gasteiger partial charge in [-0.25, -0.2) is 8.42 Å². The fraction of sp³-hybridized carbons (Fsp3) is 0.429. The summed E-state index contributed by atoms with van der Waals surface area (Å²) in [4.78, 5) is 1.39. The van der Waals surface area contributed by atoms with E-state index in [-0.39, 0.29) is 6.04 Å². The number of nitrogens with one attached hydrogen (secondary N) is 1. The van der Waals surface area contributed by atoms with Gasteiger partial charge in [0.05, 0.1) is 12.0 Å². The quantitative estimate of drug-likeness (QED) is 0.284. The number of benzene rings is 2. The zero-order chi connectivity index (χ0) is 24.7. The molecule has 0 bridgehead atoms. The third kappa shape index (κ3) is 6.53. The Hall–Kier alpha value is -2.19. The predicted octanol–water partition coefficient (Wildman–Crippen LogP) is 6.45. The van der Waals surface area contributed by atoms with Crippen LogP contribution in [0, 0.1) is 0 Å². The van der Waals surface area contributed by atoms with Crippen LogP contribution in [0.3, 0.4) is 0 Å². The second kappa shape index (κ2) is 12.2. The highest BCUT2D eigenvalue weighted by molar-refractivity contribution is 7.89. The maximum atomic E-state index is 13.6. The van der Waals surface area contributed by atoms with Gasteiger partial charge >= 0.3 is 0 Å². The Labute approximate surface area is 214 Å². The molecule has 7 heteroatoms. The van der Waals surface area contributed by atoms with Crippen molar-refractivity contribution >= 4 is 21.4 Å². The van der Waals surface area contributed by atoms with Crippen molar-refractivity contribution in [2.24, 2.45) is 0 Å². The summed E-state index contributed by atoms with van der Waals surface area (Å²) in [6.45, 7) is 4.54. The Kier molecular flexibility index (Phi) is 9.00. The maximum Gasteiger partial charge on any atom is 0.243 e. The van der Waals surface area contributed by atoms with Gasteiger partial charge in [0.25, 0.3) is 0 Å². The van der Waals surface area contributed by atoms with Crippen molar-refractivity contribution in [2.45, 2.75) is 69.5 Å². The van der Waals surface area contributed by atoms with E-state index < -0.39 is 10.0 Å². The van der Waals surface area contributed by atoms with Crippen molar-refractivity contribution in [2.75, 3.05) is 13.7 Å². The predicted molar refractivity (Wildman–Crippen MR) is 144 cm³/mol. The Morgan fingerprint density at radius 3 is 2.40 bits per heavy atom. The molecule has 1 fully saturated rings. The van der Waals surface area contributed by atoms with E-state index in [0.717, 1.165) is 54.8 Å². The van der Waals surface area contributed by atoms with Crippen LogP contribution in [-0.4, -0.2) is 32.4 Å². The summed E-state index contributed by atoms with van der Waals surface area (Å²) in [7, 11) is -2.02. The van der Waals surface area contributed by atoms with Crippen LogP contribution in [0.4, 0.5) is 0 Å².